The molecule has 0 atom stereocenters. The van der Waals surface area contributed by atoms with Crippen molar-refractivity contribution in [3.05, 3.63) is 29.8 Å². The van der Waals surface area contributed by atoms with E-state index in [0.717, 1.165) is 5.75 Å². The van der Waals surface area contributed by atoms with Crippen molar-refractivity contribution in [3.8, 4) is 5.75 Å². The molecule has 0 saturated heterocycles. The standard InChI is InChI=1S/C12H17FO/c1-10(2)11-4-6-12(7-5-11)14-9-3-8-13/h4-7,10H,3,8-9H2,1-2H3. The summed E-state index contributed by atoms with van der Waals surface area (Å²) in [6.07, 6.45) is 0.464. The van der Waals surface area contributed by atoms with E-state index in [-0.39, 0.29) is 6.67 Å². The fourth-order valence-corrected chi connectivity index (χ4v) is 1.19. The second-order valence-electron chi connectivity index (χ2n) is 3.61. The lowest BCUT2D eigenvalue weighted by Gasteiger charge is -2.07. The van der Waals surface area contributed by atoms with Crippen molar-refractivity contribution in [1.29, 1.82) is 0 Å². The van der Waals surface area contributed by atoms with Gasteiger partial charge in [0.15, 0.2) is 0 Å². The van der Waals surface area contributed by atoms with Gasteiger partial charge in [-0.3, -0.25) is 4.39 Å². The van der Waals surface area contributed by atoms with Crippen molar-refractivity contribution in [2.24, 2.45) is 0 Å². The SMILES string of the molecule is CC(C)c1ccc(OCCCF)cc1. The first-order chi connectivity index (χ1) is 6.74. The Morgan fingerprint density at radius 2 is 1.86 bits per heavy atom. The second-order valence-corrected chi connectivity index (χ2v) is 3.61. The normalized spacial score (nSPS) is 10.6. The van der Waals surface area contributed by atoms with Crippen LogP contribution in [-0.2, 0) is 0 Å². The van der Waals surface area contributed by atoms with E-state index in [1.54, 1.807) is 0 Å². The molecule has 0 saturated carbocycles. The van der Waals surface area contributed by atoms with Crippen LogP contribution in [0.4, 0.5) is 4.39 Å². The van der Waals surface area contributed by atoms with Gasteiger partial charge in [-0.25, -0.2) is 0 Å². The van der Waals surface area contributed by atoms with Gasteiger partial charge in [0.2, 0.25) is 0 Å². The molecule has 0 radical (unpaired) electrons. The first-order valence-electron chi connectivity index (χ1n) is 5.02. The lowest BCUT2D eigenvalue weighted by Crippen LogP contribution is -1.98. The molecule has 1 aromatic carbocycles. The van der Waals surface area contributed by atoms with Crippen LogP contribution in [0.2, 0.25) is 0 Å². The molecule has 1 nitrogen and oxygen atoms in total. The molecular formula is C12H17FO. The summed E-state index contributed by atoms with van der Waals surface area (Å²) in [4.78, 5) is 0. The van der Waals surface area contributed by atoms with Crippen LogP contribution in [0.15, 0.2) is 24.3 Å². The van der Waals surface area contributed by atoms with Gasteiger partial charge >= 0.3 is 0 Å². The van der Waals surface area contributed by atoms with Gasteiger partial charge in [-0.2, -0.15) is 0 Å². The Morgan fingerprint density at radius 1 is 1.21 bits per heavy atom. The topological polar surface area (TPSA) is 9.23 Å². The Kier molecular flexibility index (Phi) is 4.44. The summed E-state index contributed by atoms with van der Waals surface area (Å²) in [5.41, 5.74) is 1.29. The highest BCUT2D eigenvalue weighted by Crippen LogP contribution is 2.18. The highest BCUT2D eigenvalue weighted by Gasteiger charge is 1.98. The third-order valence-corrected chi connectivity index (χ3v) is 2.09. The molecule has 2 heteroatoms. The maximum atomic E-state index is 11.8. The van der Waals surface area contributed by atoms with E-state index in [1.165, 1.54) is 5.56 Å². The van der Waals surface area contributed by atoms with E-state index in [9.17, 15) is 4.39 Å². The zero-order valence-corrected chi connectivity index (χ0v) is 8.79. The summed E-state index contributed by atoms with van der Waals surface area (Å²) < 4.78 is 17.1. The molecule has 1 rings (SSSR count). The molecule has 0 spiro atoms. The Labute approximate surface area is 84.9 Å². The van der Waals surface area contributed by atoms with Crippen LogP contribution in [0.5, 0.6) is 5.75 Å². The van der Waals surface area contributed by atoms with Crippen LogP contribution in [0.3, 0.4) is 0 Å². The third-order valence-electron chi connectivity index (χ3n) is 2.09. The average Bonchev–Trinajstić information content (AvgIpc) is 2.19. The van der Waals surface area contributed by atoms with Crippen LogP contribution in [0.1, 0.15) is 31.7 Å². The Hall–Kier alpha value is -1.05. The summed E-state index contributed by atoms with van der Waals surface area (Å²) in [5.74, 6) is 1.36. The number of benzene rings is 1. The smallest absolute Gasteiger partial charge is 0.119 e. The number of ether oxygens (including phenoxy) is 1. The number of hydrogen-bond donors (Lipinski definition) is 0. The molecule has 0 N–H and O–H groups in total. The van der Waals surface area contributed by atoms with Gasteiger partial charge in [0.25, 0.3) is 0 Å². The van der Waals surface area contributed by atoms with E-state index >= 15 is 0 Å². The summed E-state index contributed by atoms with van der Waals surface area (Å²) >= 11 is 0. The molecule has 0 fully saturated rings. The largest absolute Gasteiger partial charge is 0.494 e. The third kappa shape index (κ3) is 3.36. The summed E-state index contributed by atoms with van der Waals surface area (Å²) in [6, 6.07) is 7.98. The Balaban J connectivity index is 2.47. The lowest BCUT2D eigenvalue weighted by molar-refractivity contribution is 0.289. The van der Waals surface area contributed by atoms with Crippen LogP contribution in [-0.4, -0.2) is 13.3 Å². The fourth-order valence-electron chi connectivity index (χ4n) is 1.19. The highest BCUT2D eigenvalue weighted by molar-refractivity contribution is 5.28. The summed E-state index contributed by atoms with van der Waals surface area (Å²) in [7, 11) is 0. The number of halogens is 1. The maximum absolute atomic E-state index is 11.8. The molecule has 14 heavy (non-hydrogen) atoms. The first kappa shape index (κ1) is 11.0. The van der Waals surface area contributed by atoms with Crippen LogP contribution < -0.4 is 4.74 Å². The highest BCUT2D eigenvalue weighted by atomic mass is 19.1. The molecule has 78 valence electrons. The molecular weight excluding hydrogens is 179 g/mol. The monoisotopic (exact) mass is 196 g/mol. The quantitative estimate of drug-likeness (QED) is 0.654. The van der Waals surface area contributed by atoms with Crippen molar-refractivity contribution in [2.45, 2.75) is 26.2 Å². The molecule has 0 aliphatic heterocycles. The minimum absolute atomic E-state index is 0.315. The van der Waals surface area contributed by atoms with E-state index in [1.807, 2.05) is 12.1 Å². The van der Waals surface area contributed by atoms with Crippen molar-refractivity contribution in [2.75, 3.05) is 13.3 Å². The predicted octanol–water partition coefficient (Wildman–Crippen LogP) is 3.55. The molecule has 0 aliphatic carbocycles. The van der Waals surface area contributed by atoms with Crippen molar-refractivity contribution >= 4 is 0 Å². The lowest BCUT2D eigenvalue weighted by atomic mass is 10.0. The first-order valence-corrected chi connectivity index (χ1v) is 5.02. The van der Waals surface area contributed by atoms with Gasteiger partial charge in [-0.05, 0) is 23.6 Å². The van der Waals surface area contributed by atoms with Crippen molar-refractivity contribution in [3.63, 3.8) is 0 Å². The van der Waals surface area contributed by atoms with Crippen LogP contribution in [0.25, 0.3) is 0 Å². The Morgan fingerprint density at radius 3 is 2.36 bits per heavy atom. The summed E-state index contributed by atoms with van der Waals surface area (Å²) in [6.45, 7) is 4.44. The molecule has 0 bridgehead atoms. The van der Waals surface area contributed by atoms with Gasteiger partial charge in [0.05, 0.1) is 13.3 Å². The van der Waals surface area contributed by atoms with E-state index in [2.05, 4.69) is 26.0 Å². The van der Waals surface area contributed by atoms with Crippen LogP contribution in [0, 0.1) is 0 Å². The zero-order valence-electron chi connectivity index (χ0n) is 8.79. The minimum Gasteiger partial charge on any atom is -0.494 e. The van der Waals surface area contributed by atoms with Gasteiger partial charge < -0.3 is 4.74 Å². The molecule has 0 aromatic heterocycles. The number of hydrogen-bond acceptors (Lipinski definition) is 1. The maximum Gasteiger partial charge on any atom is 0.119 e. The predicted molar refractivity (Wildman–Crippen MR) is 56.6 cm³/mol. The molecule has 0 unspecified atom stereocenters. The minimum atomic E-state index is -0.315. The van der Waals surface area contributed by atoms with Crippen LogP contribution >= 0.6 is 0 Å². The molecule has 0 amide bonds. The molecule has 0 aliphatic rings. The molecule has 1 aromatic rings. The number of alkyl halides is 1. The summed E-state index contributed by atoms with van der Waals surface area (Å²) in [5, 5.41) is 0. The number of rotatable bonds is 5. The van der Waals surface area contributed by atoms with Gasteiger partial charge in [0.1, 0.15) is 5.75 Å². The van der Waals surface area contributed by atoms with Crippen molar-refractivity contribution < 1.29 is 9.13 Å². The average molecular weight is 196 g/mol. The molecule has 0 heterocycles. The van der Waals surface area contributed by atoms with E-state index < -0.39 is 0 Å². The van der Waals surface area contributed by atoms with E-state index in [4.69, 9.17) is 4.74 Å². The van der Waals surface area contributed by atoms with Crippen molar-refractivity contribution in [1.82, 2.24) is 0 Å². The van der Waals surface area contributed by atoms with Gasteiger partial charge in [-0.15, -0.1) is 0 Å². The second kappa shape index (κ2) is 5.63. The van der Waals surface area contributed by atoms with Gasteiger partial charge in [-0.1, -0.05) is 26.0 Å². The van der Waals surface area contributed by atoms with E-state index in [0.29, 0.717) is 18.9 Å². The van der Waals surface area contributed by atoms with Gasteiger partial charge in [0, 0.05) is 6.42 Å². The zero-order chi connectivity index (χ0) is 10.4. The Bertz CT molecular complexity index is 254. The fraction of sp³-hybridized carbons (Fsp3) is 0.500.